The maximum atomic E-state index is 5.83. The van der Waals surface area contributed by atoms with Crippen LogP contribution in [0.3, 0.4) is 0 Å². The highest BCUT2D eigenvalue weighted by molar-refractivity contribution is 7.80. The van der Waals surface area contributed by atoms with Gasteiger partial charge < -0.3 is 24.3 Å². The quantitative estimate of drug-likeness (QED) is 0.113. The molecule has 184 valence electrons. The number of rotatable bonds is 16. The van der Waals surface area contributed by atoms with Crippen LogP contribution in [0.15, 0.2) is 60.2 Å². The van der Waals surface area contributed by atoms with Gasteiger partial charge in [-0.05, 0) is 66.7 Å². The van der Waals surface area contributed by atoms with Crippen LogP contribution in [-0.4, -0.2) is 44.8 Å². The highest BCUT2D eigenvalue weighted by atomic mass is 32.1. The predicted molar refractivity (Wildman–Crippen MR) is 142 cm³/mol. The first kappa shape index (κ1) is 27.0. The molecule has 0 amide bonds. The zero-order valence-electron chi connectivity index (χ0n) is 20.0. The second kappa shape index (κ2) is 16.4. The van der Waals surface area contributed by atoms with Crippen molar-refractivity contribution < 1.29 is 18.9 Å². The van der Waals surface area contributed by atoms with Crippen molar-refractivity contribution in [1.29, 1.82) is 0 Å². The molecule has 0 aromatic heterocycles. The van der Waals surface area contributed by atoms with E-state index < -0.39 is 0 Å². The van der Waals surface area contributed by atoms with Crippen molar-refractivity contribution in [3.8, 4) is 23.0 Å². The molecule has 0 saturated carbocycles. The molecule has 2 rings (SSSR count). The van der Waals surface area contributed by atoms with Crippen molar-refractivity contribution >= 4 is 23.5 Å². The van der Waals surface area contributed by atoms with E-state index in [1.165, 1.54) is 19.3 Å². The number of hydrogen-bond acceptors (Lipinski definition) is 6. The molecular formula is C26H35N3O4S. The first-order valence-electron chi connectivity index (χ1n) is 11.5. The third kappa shape index (κ3) is 10.6. The number of hydrazone groups is 1. The van der Waals surface area contributed by atoms with Crippen LogP contribution in [0.1, 0.15) is 38.2 Å². The van der Waals surface area contributed by atoms with Gasteiger partial charge >= 0.3 is 0 Å². The Labute approximate surface area is 208 Å². The lowest BCUT2D eigenvalue weighted by molar-refractivity contribution is 0.211. The molecule has 0 unspecified atom stereocenters. The van der Waals surface area contributed by atoms with E-state index in [4.69, 9.17) is 31.2 Å². The van der Waals surface area contributed by atoms with Crippen molar-refractivity contribution in [2.75, 3.05) is 33.5 Å². The summed E-state index contributed by atoms with van der Waals surface area (Å²) >= 11 is 5.09. The SMILES string of the molecule is C=CCNC(=S)N/N=C/c1ccc(OCCOc2ccc(OCCCCCC)cc2)c(OC)c1. The Morgan fingerprint density at radius 2 is 1.65 bits per heavy atom. The van der Waals surface area contributed by atoms with E-state index in [1.807, 2.05) is 42.5 Å². The van der Waals surface area contributed by atoms with E-state index in [-0.39, 0.29) is 0 Å². The Morgan fingerprint density at radius 1 is 0.941 bits per heavy atom. The number of nitrogens with zero attached hydrogens (tertiary/aromatic N) is 1. The molecule has 0 radical (unpaired) electrons. The van der Waals surface area contributed by atoms with Crippen molar-refractivity contribution in [2.24, 2.45) is 5.10 Å². The average Bonchev–Trinajstić information content (AvgIpc) is 2.86. The normalized spacial score (nSPS) is 10.5. The molecule has 2 aromatic carbocycles. The molecule has 0 aliphatic heterocycles. The van der Waals surface area contributed by atoms with Crippen LogP contribution in [0.5, 0.6) is 23.0 Å². The van der Waals surface area contributed by atoms with Gasteiger partial charge in [0.05, 0.1) is 19.9 Å². The highest BCUT2D eigenvalue weighted by Crippen LogP contribution is 2.27. The molecule has 2 N–H and O–H groups in total. The van der Waals surface area contributed by atoms with Crippen LogP contribution < -0.4 is 29.7 Å². The third-order valence-corrected chi connectivity index (χ3v) is 4.91. The first-order chi connectivity index (χ1) is 16.7. The fraction of sp³-hybridized carbons (Fsp3) is 0.385. The molecule has 0 spiro atoms. The van der Waals surface area contributed by atoms with E-state index in [0.717, 1.165) is 30.1 Å². The van der Waals surface area contributed by atoms with Crippen molar-refractivity contribution in [3.63, 3.8) is 0 Å². The van der Waals surface area contributed by atoms with E-state index in [9.17, 15) is 0 Å². The number of nitrogens with one attached hydrogen (secondary N) is 2. The summed E-state index contributed by atoms with van der Waals surface area (Å²) in [5, 5.41) is 7.46. The predicted octanol–water partition coefficient (Wildman–Crippen LogP) is 5.10. The summed E-state index contributed by atoms with van der Waals surface area (Å²) in [6, 6.07) is 13.2. The van der Waals surface area contributed by atoms with Gasteiger partial charge in [0.25, 0.3) is 0 Å². The van der Waals surface area contributed by atoms with Gasteiger partial charge in [0.2, 0.25) is 0 Å². The molecule has 0 aliphatic rings. The summed E-state index contributed by atoms with van der Waals surface area (Å²) < 4.78 is 22.8. The van der Waals surface area contributed by atoms with Gasteiger partial charge in [0.15, 0.2) is 16.6 Å². The van der Waals surface area contributed by atoms with Crippen LogP contribution >= 0.6 is 12.2 Å². The Kier molecular flexibility index (Phi) is 13.0. The smallest absolute Gasteiger partial charge is 0.187 e. The Balaban J connectivity index is 1.73. The van der Waals surface area contributed by atoms with Crippen molar-refractivity contribution in [1.82, 2.24) is 10.7 Å². The molecule has 0 saturated heterocycles. The largest absolute Gasteiger partial charge is 0.494 e. The summed E-state index contributed by atoms with van der Waals surface area (Å²) in [7, 11) is 1.60. The van der Waals surface area contributed by atoms with E-state index in [2.05, 4.69) is 29.3 Å². The summed E-state index contributed by atoms with van der Waals surface area (Å²) in [6.07, 6.45) is 8.14. The Morgan fingerprint density at radius 3 is 2.32 bits per heavy atom. The summed E-state index contributed by atoms with van der Waals surface area (Å²) in [6.45, 7) is 7.93. The fourth-order valence-electron chi connectivity index (χ4n) is 2.92. The zero-order chi connectivity index (χ0) is 24.4. The number of thiocarbonyl (C=S) groups is 1. The number of unbranched alkanes of at least 4 members (excludes halogenated alkanes) is 3. The molecule has 7 nitrogen and oxygen atoms in total. The lowest BCUT2D eigenvalue weighted by atomic mass is 10.2. The van der Waals surface area contributed by atoms with E-state index in [1.54, 1.807) is 19.4 Å². The standard InChI is InChI=1S/C26H35N3O4S/c1-4-6-7-8-16-31-22-10-12-23(13-11-22)32-17-18-33-24-14-9-21(19-25(24)30-3)20-28-29-26(34)27-15-5-2/h5,9-14,19-20H,2,4,6-8,15-18H2,1,3H3,(H2,27,29,34)/b28-20+. The maximum absolute atomic E-state index is 5.83. The lowest BCUT2D eigenvalue weighted by Crippen LogP contribution is -2.31. The maximum Gasteiger partial charge on any atom is 0.187 e. The second-order valence-corrected chi connectivity index (χ2v) is 7.76. The van der Waals surface area contributed by atoms with Gasteiger partial charge in [-0.2, -0.15) is 5.10 Å². The molecule has 0 aliphatic carbocycles. The Hall–Kier alpha value is -3.26. The summed E-state index contributed by atoms with van der Waals surface area (Å²) in [5.41, 5.74) is 3.58. The minimum atomic E-state index is 0.379. The van der Waals surface area contributed by atoms with Gasteiger partial charge in [-0.15, -0.1) is 6.58 Å². The molecule has 0 fully saturated rings. The Bertz CT molecular complexity index is 903. The van der Waals surface area contributed by atoms with Crippen LogP contribution in [0.25, 0.3) is 0 Å². The minimum absolute atomic E-state index is 0.379. The minimum Gasteiger partial charge on any atom is -0.494 e. The fourth-order valence-corrected chi connectivity index (χ4v) is 3.05. The molecule has 0 bridgehead atoms. The van der Waals surface area contributed by atoms with Gasteiger partial charge in [-0.25, -0.2) is 0 Å². The third-order valence-electron chi connectivity index (χ3n) is 4.67. The van der Waals surface area contributed by atoms with Crippen molar-refractivity contribution in [2.45, 2.75) is 32.6 Å². The van der Waals surface area contributed by atoms with Crippen LogP contribution in [0.2, 0.25) is 0 Å². The second-order valence-electron chi connectivity index (χ2n) is 7.36. The lowest BCUT2D eigenvalue weighted by Gasteiger charge is -2.12. The summed E-state index contributed by atoms with van der Waals surface area (Å²) in [4.78, 5) is 0. The topological polar surface area (TPSA) is 73.3 Å². The number of hydrogen-bond donors (Lipinski definition) is 2. The molecule has 8 heteroatoms. The van der Waals surface area contributed by atoms with Crippen LogP contribution in [0, 0.1) is 0 Å². The first-order valence-corrected chi connectivity index (χ1v) is 11.9. The number of ether oxygens (including phenoxy) is 4. The van der Waals surface area contributed by atoms with Crippen molar-refractivity contribution in [3.05, 3.63) is 60.7 Å². The number of methoxy groups -OCH3 is 1. The molecular weight excluding hydrogens is 450 g/mol. The van der Waals surface area contributed by atoms with Crippen LogP contribution in [0.4, 0.5) is 0 Å². The monoisotopic (exact) mass is 485 g/mol. The summed E-state index contributed by atoms with van der Waals surface area (Å²) in [5.74, 6) is 2.87. The van der Waals surface area contributed by atoms with Gasteiger partial charge in [0, 0.05) is 6.54 Å². The van der Waals surface area contributed by atoms with Gasteiger partial charge in [-0.1, -0.05) is 32.3 Å². The van der Waals surface area contributed by atoms with E-state index in [0.29, 0.717) is 36.4 Å². The highest BCUT2D eigenvalue weighted by Gasteiger charge is 2.06. The molecule has 34 heavy (non-hydrogen) atoms. The zero-order valence-corrected chi connectivity index (χ0v) is 20.9. The average molecular weight is 486 g/mol. The number of benzene rings is 2. The van der Waals surface area contributed by atoms with Gasteiger partial charge in [-0.3, -0.25) is 5.43 Å². The molecule has 0 heterocycles. The van der Waals surface area contributed by atoms with E-state index >= 15 is 0 Å². The van der Waals surface area contributed by atoms with Gasteiger partial charge in [0.1, 0.15) is 24.7 Å². The molecule has 2 aromatic rings. The molecule has 0 atom stereocenters. The van der Waals surface area contributed by atoms with Crippen LogP contribution in [-0.2, 0) is 0 Å².